The number of thiol groups is 1. The summed E-state index contributed by atoms with van der Waals surface area (Å²) >= 11 is 0. The lowest BCUT2D eigenvalue weighted by atomic mass is 9.97. The molecule has 0 aliphatic carbocycles. The summed E-state index contributed by atoms with van der Waals surface area (Å²) in [4.78, 5) is 13.4. The van der Waals surface area contributed by atoms with Crippen LogP contribution in [0.5, 0.6) is 0 Å². The first-order chi connectivity index (χ1) is 10.6. The molecule has 22 heavy (non-hydrogen) atoms. The van der Waals surface area contributed by atoms with Crippen LogP contribution in [-0.4, -0.2) is 32.6 Å². The first-order valence-electron chi connectivity index (χ1n) is 7.22. The summed E-state index contributed by atoms with van der Waals surface area (Å²) in [6.07, 6.45) is 1.38. The van der Waals surface area contributed by atoms with Gasteiger partial charge in [0.05, 0.1) is 16.5 Å². The SMILES string of the molecule is O=C(O)C1CCCN(c2c([SH](=O)=O)ccc3ccccc23)C1. The summed E-state index contributed by atoms with van der Waals surface area (Å²) in [6, 6.07) is 11.0. The van der Waals surface area contributed by atoms with Gasteiger partial charge in [-0.2, -0.15) is 0 Å². The highest BCUT2D eigenvalue weighted by atomic mass is 32.2. The van der Waals surface area contributed by atoms with E-state index in [0.29, 0.717) is 25.2 Å². The summed E-state index contributed by atoms with van der Waals surface area (Å²) in [7, 11) is -2.73. The molecular formula is C16H17NO4S. The summed E-state index contributed by atoms with van der Waals surface area (Å²) in [6.45, 7) is 1.02. The van der Waals surface area contributed by atoms with E-state index in [-0.39, 0.29) is 4.90 Å². The van der Waals surface area contributed by atoms with Crippen LogP contribution < -0.4 is 4.90 Å². The molecule has 1 aliphatic rings. The Balaban J connectivity index is 2.15. The van der Waals surface area contributed by atoms with Gasteiger partial charge < -0.3 is 10.0 Å². The van der Waals surface area contributed by atoms with E-state index < -0.39 is 22.6 Å². The molecule has 6 heteroatoms. The molecule has 1 saturated heterocycles. The average Bonchev–Trinajstić information content (AvgIpc) is 2.53. The Hall–Kier alpha value is -2.08. The minimum atomic E-state index is -2.73. The second-order valence-corrected chi connectivity index (χ2v) is 6.53. The smallest absolute Gasteiger partial charge is 0.308 e. The van der Waals surface area contributed by atoms with Crippen molar-refractivity contribution in [3.05, 3.63) is 36.4 Å². The number of rotatable bonds is 3. The van der Waals surface area contributed by atoms with Gasteiger partial charge in [-0.05, 0) is 24.3 Å². The fourth-order valence-corrected chi connectivity index (χ4v) is 3.74. The van der Waals surface area contributed by atoms with Crippen molar-refractivity contribution in [1.29, 1.82) is 0 Å². The van der Waals surface area contributed by atoms with Gasteiger partial charge in [0.15, 0.2) is 10.7 Å². The van der Waals surface area contributed by atoms with E-state index in [1.165, 1.54) is 0 Å². The molecule has 3 rings (SSSR count). The van der Waals surface area contributed by atoms with Crippen LogP contribution in [-0.2, 0) is 15.5 Å². The molecule has 2 aromatic carbocycles. The quantitative estimate of drug-likeness (QED) is 0.848. The van der Waals surface area contributed by atoms with Gasteiger partial charge in [0.2, 0.25) is 0 Å². The highest BCUT2D eigenvalue weighted by Gasteiger charge is 2.28. The monoisotopic (exact) mass is 319 g/mol. The number of aliphatic carboxylic acids is 1. The summed E-state index contributed by atoms with van der Waals surface area (Å²) in [5.41, 5.74) is 0.639. The first-order valence-corrected chi connectivity index (χ1v) is 8.39. The molecule has 1 atom stereocenters. The van der Waals surface area contributed by atoms with Crippen LogP contribution >= 0.6 is 0 Å². The number of benzene rings is 2. The van der Waals surface area contributed by atoms with E-state index in [4.69, 9.17) is 0 Å². The molecule has 0 aromatic heterocycles. The van der Waals surface area contributed by atoms with E-state index in [0.717, 1.165) is 17.2 Å². The van der Waals surface area contributed by atoms with E-state index in [1.807, 2.05) is 29.2 Å². The molecule has 0 amide bonds. The molecule has 1 aliphatic heterocycles. The third kappa shape index (κ3) is 2.66. The molecule has 116 valence electrons. The number of piperidine rings is 1. The maximum atomic E-state index is 11.6. The van der Waals surface area contributed by atoms with Crippen molar-refractivity contribution in [3.8, 4) is 0 Å². The van der Waals surface area contributed by atoms with Gasteiger partial charge in [-0.25, -0.2) is 8.42 Å². The van der Waals surface area contributed by atoms with Crippen molar-refractivity contribution < 1.29 is 18.3 Å². The molecule has 1 N–H and O–H groups in total. The molecule has 0 spiro atoms. The minimum Gasteiger partial charge on any atom is -0.481 e. The van der Waals surface area contributed by atoms with Crippen LogP contribution in [0.4, 0.5) is 5.69 Å². The molecule has 0 bridgehead atoms. The number of fused-ring (bicyclic) bond motifs is 1. The first kappa shape index (κ1) is 14.8. The zero-order valence-electron chi connectivity index (χ0n) is 11.9. The van der Waals surface area contributed by atoms with Crippen molar-refractivity contribution in [2.75, 3.05) is 18.0 Å². The summed E-state index contributed by atoms with van der Waals surface area (Å²) in [5, 5.41) is 11.1. The number of anilines is 1. The van der Waals surface area contributed by atoms with E-state index >= 15 is 0 Å². The highest BCUT2D eigenvalue weighted by molar-refractivity contribution is 7.72. The summed E-state index contributed by atoms with van der Waals surface area (Å²) in [5.74, 6) is -1.27. The lowest BCUT2D eigenvalue weighted by Crippen LogP contribution is -2.39. The molecule has 1 heterocycles. The van der Waals surface area contributed by atoms with Crippen molar-refractivity contribution in [2.45, 2.75) is 17.7 Å². The second-order valence-electron chi connectivity index (χ2n) is 5.53. The Kier molecular flexibility index (Phi) is 4.02. The minimum absolute atomic E-state index is 0.264. The Labute approximate surface area is 130 Å². The molecule has 5 nitrogen and oxygen atoms in total. The van der Waals surface area contributed by atoms with Gasteiger partial charge in [-0.15, -0.1) is 0 Å². The Morgan fingerprint density at radius 1 is 1.18 bits per heavy atom. The molecular weight excluding hydrogens is 302 g/mol. The average molecular weight is 319 g/mol. The van der Waals surface area contributed by atoms with Gasteiger partial charge in [0, 0.05) is 18.5 Å². The number of hydrogen-bond donors (Lipinski definition) is 2. The number of nitrogens with zero attached hydrogens (tertiary/aromatic N) is 1. The van der Waals surface area contributed by atoms with Crippen LogP contribution in [0.1, 0.15) is 12.8 Å². The summed E-state index contributed by atoms with van der Waals surface area (Å²) < 4.78 is 23.2. The van der Waals surface area contributed by atoms with Gasteiger partial charge in [-0.3, -0.25) is 4.79 Å². The van der Waals surface area contributed by atoms with Crippen LogP contribution in [0.3, 0.4) is 0 Å². The Bertz CT molecular complexity index is 792. The number of hydrogen-bond acceptors (Lipinski definition) is 4. The Morgan fingerprint density at radius 2 is 1.95 bits per heavy atom. The molecule has 1 fully saturated rings. The van der Waals surface area contributed by atoms with E-state index in [9.17, 15) is 18.3 Å². The molecule has 0 radical (unpaired) electrons. The highest BCUT2D eigenvalue weighted by Crippen LogP contribution is 2.34. The van der Waals surface area contributed by atoms with Crippen LogP contribution in [0.15, 0.2) is 41.3 Å². The van der Waals surface area contributed by atoms with Gasteiger partial charge in [0.1, 0.15) is 0 Å². The number of carboxylic acids is 1. The third-order valence-corrected chi connectivity index (χ3v) is 4.92. The van der Waals surface area contributed by atoms with Crippen LogP contribution in [0.2, 0.25) is 0 Å². The van der Waals surface area contributed by atoms with Gasteiger partial charge >= 0.3 is 5.97 Å². The third-order valence-electron chi connectivity index (χ3n) is 4.16. The molecule has 2 aromatic rings. The largest absolute Gasteiger partial charge is 0.481 e. The van der Waals surface area contributed by atoms with E-state index in [1.54, 1.807) is 12.1 Å². The van der Waals surface area contributed by atoms with Gasteiger partial charge in [0.25, 0.3) is 0 Å². The fourth-order valence-electron chi connectivity index (χ4n) is 3.11. The maximum absolute atomic E-state index is 11.6. The predicted octanol–water partition coefficient (Wildman–Crippen LogP) is 2.11. The second kappa shape index (κ2) is 5.96. The number of carbonyl (C=O) groups is 1. The van der Waals surface area contributed by atoms with Crippen molar-refractivity contribution in [3.63, 3.8) is 0 Å². The van der Waals surface area contributed by atoms with Gasteiger partial charge in [-0.1, -0.05) is 30.3 Å². The zero-order chi connectivity index (χ0) is 15.7. The maximum Gasteiger partial charge on any atom is 0.308 e. The Morgan fingerprint density at radius 3 is 2.68 bits per heavy atom. The zero-order valence-corrected chi connectivity index (χ0v) is 12.8. The standard InChI is InChI=1S/C16H17NO4S/c18-16(19)12-5-3-9-17(10-12)15-13-6-2-1-4-11(13)7-8-14(15)22(20)21/h1-2,4,6-8,12,22H,3,5,9-10H2,(H,18,19). The van der Waals surface area contributed by atoms with Crippen molar-refractivity contribution in [2.24, 2.45) is 5.92 Å². The van der Waals surface area contributed by atoms with Crippen molar-refractivity contribution in [1.82, 2.24) is 0 Å². The predicted molar refractivity (Wildman–Crippen MR) is 85.1 cm³/mol. The van der Waals surface area contributed by atoms with E-state index in [2.05, 4.69) is 0 Å². The lowest BCUT2D eigenvalue weighted by Gasteiger charge is -2.34. The van der Waals surface area contributed by atoms with Crippen molar-refractivity contribution >= 4 is 33.1 Å². The fraction of sp³-hybridized carbons (Fsp3) is 0.312. The molecule has 0 saturated carbocycles. The molecule has 1 unspecified atom stereocenters. The topological polar surface area (TPSA) is 74.7 Å². The number of carboxylic acid groups (broad SMARTS) is 1. The van der Waals surface area contributed by atoms with Crippen LogP contribution in [0.25, 0.3) is 10.8 Å². The lowest BCUT2D eigenvalue weighted by molar-refractivity contribution is -0.141. The normalized spacial score (nSPS) is 18.8. The van der Waals surface area contributed by atoms with Crippen LogP contribution in [0, 0.1) is 5.92 Å².